The average molecular weight is 583 g/mol. The van der Waals surface area contributed by atoms with Crippen LogP contribution in [0.1, 0.15) is 50.2 Å². The summed E-state index contributed by atoms with van der Waals surface area (Å²) < 4.78 is 4.90. The second kappa shape index (κ2) is 12.4. The fraction of sp³-hybridized carbons (Fsp3) is 0.324. The topological polar surface area (TPSA) is 111 Å². The van der Waals surface area contributed by atoms with E-state index in [4.69, 9.17) is 4.74 Å². The zero-order valence-corrected chi connectivity index (χ0v) is 25.1. The Morgan fingerprint density at radius 2 is 1.70 bits per heavy atom. The number of carbonyl (C=O) groups is 3. The number of aliphatic hydroxyl groups is 1. The Morgan fingerprint density at radius 1 is 1.02 bits per heavy atom. The number of esters is 1. The number of aliphatic hydroxyl groups excluding tert-OH is 1. The molecule has 9 nitrogen and oxygen atoms in total. The molecule has 2 aliphatic heterocycles. The molecule has 2 aliphatic rings. The lowest BCUT2D eigenvalue weighted by molar-refractivity contribution is -0.110. The van der Waals surface area contributed by atoms with Crippen molar-refractivity contribution in [3.8, 4) is 0 Å². The average Bonchev–Trinajstić information content (AvgIpc) is 3.33. The van der Waals surface area contributed by atoms with Crippen molar-refractivity contribution in [2.45, 2.75) is 19.8 Å². The van der Waals surface area contributed by atoms with E-state index in [-0.39, 0.29) is 23.8 Å². The molecular weight excluding hydrogens is 544 g/mol. The van der Waals surface area contributed by atoms with Crippen LogP contribution in [0.25, 0.3) is 11.3 Å². The molecule has 0 aromatic heterocycles. The Hall–Kier alpha value is -4.47. The summed E-state index contributed by atoms with van der Waals surface area (Å²) in [4.78, 5) is 42.9. The molecule has 0 atom stereocenters. The number of nitrogens with zero attached hydrogens (tertiary/aromatic N) is 2. The Morgan fingerprint density at radius 3 is 2.30 bits per heavy atom. The number of anilines is 2. The normalized spacial score (nSPS) is 16.9. The highest BCUT2D eigenvalue weighted by Crippen LogP contribution is 2.39. The van der Waals surface area contributed by atoms with Crippen LogP contribution in [0.3, 0.4) is 0 Å². The zero-order valence-electron chi connectivity index (χ0n) is 25.1. The van der Waals surface area contributed by atoms with Gasteiger partial charge in [0.2, 0.25) is 0 Å². The fourth-order valence-corrected chi connectivity index (χ4v) is 6.03. The van der Waals surface area contributed by atoms with Gasteiger partial charge in [-0.15, -0.1) is 0 Å². The molecule has 9 heteroatoms. The van der Waals surface area contributed by atoms with Crippen LogP contribution < -0.4 is 10.6 Å². The smallest absolute Gasteiger partial charge is 0.338 e. The van der Waals surface area contributed by atoms with Crippen LogP contribution in [-0.4, -0.2) is 80.1 Å². The predicted octanol–water partition coefficient (Wildman–Crippen LogP) is 4.49. The number of hydrogen-bond donors (Lipinski definition) is 3. The first-order chi connectivity index (χ1) is 20.6. The van der Waals surface area contributed by atoms with Crippen LogP contribution in [0, 0.1) is 12.3 Å². The standard InChI is InChI=1S/C34H38N4O5/c1-22-18-27-28(19-26(22)33(42)43-4)36-31(40)29(27)30(23-8-6-5-7-9-23)35-25-12-10-24(11-13-25)32(41)38-16-14-34(21-39,15-17-38)20-37(2)3/h5-13,18-19,35,39H,14-17,20-21H2,1-4H3,(H,36,40)/b30-29-. The molecule has 0 unspecified atom stereocenters. The van der Waals surface area contributed by atoms with E-state index in [9.17, 15) is 19.5 Å². The third kappa shape index (κ3) is 6.18. The van der Waals surface area contributed by atoms with Crippen molar-refractivity contribution in [3.05, 3.63) is 94.5 Å². The van der Waals surface area contributed by atoms with Crippen molar-refractivity contribution >= 4 is 40.4 Å². The first kappa shape index (κ1) is 30.0. The van der Waals surface area contributed by atoms with E-state index in [1.165, 1.54) is 7.11 Å². The molecule has 3 aromatic rings. The minimum Gasteiger partial charge on any atom is -0.465 e. The highest BCUT2D eigenvalue weighted by molar-refractivity contribution is 6.37. The summed E-state index contributed by atoms with van der Waals surface area (Å²) in [6, 6.07) is 20.3. The van der Waals surface area contributed by atoms with Crippen molar-refractivity contribution in [2.24, 2.45) is 5.41 Å². The van der Waals surface area contributed by atoms with Gasteiger partial charge in [-0.05, 0) is 81.4 Å². The number of aryl methyl sites for hydroxylation is 1. The first-order valence-corrected chi connectivity index (χ1v) is 14.4. The van der Waals surface area contributed by atoms with Gasteiger partial charge in [-0.3, -0.25) is 9.59 Å². The highest BCUT2D eigenvalue weighted by Gasteiger charge is 2.36. The molecular formula is C34H38N4O5. The van der Waals surface area contributed by atoms with E-state index in [1.807, 2.05) is 74.4 Å². The fourth-order valence-electron chi connectivity index (χ4n) is 6.03. The summed E-state index contributed by atoms with van der Waals surface area (Å²) in [7, 11) is 5.34. The second-order valence-corrected chi connectivity index (χ2v) is 11.7. The maximum absolute atomic E-state index is 13.3. The summed E-state index contributed by atoms with van der Waals surface area (Å²) in [5.74, 6) is -0.785. The molecule has 224 valence electrons. The molecule has 3 aromatic carbocycles. The molecule has 2 amide bonds. The molecule has 5 rings (SSSR count). The number of piperidine rings is 1. The molecule has 43 heavy (non-hydrogen) atoms. The van der Waals surface area contributed by atoms with E-state index in [0.717, 1.165) is 30.6 Å². The number of amides is 2. The first-order valence-electron chi connectivity index (χ1n) is 14.4. The van der Waals surface area contributed by atoms with Gasteiger partial charge in [0.15, 0.2) is 0 Å². The van der Waals surface area contributed by atoms with Gasteiger partial charge in [0.05, 0.1) is 36.2 Å². The van der Waals surface area contributed by atoms with Crippen molar-refractivity contribution in [2.75, 3.05) is 58.1 Å². The van der Waals surface area contributed by atoms with Gasteiger partial charge >= 0.3 is 5.97 Å². The highest BCUT2D eigenvalue weighted by atomic mass is 16.5. The molecule has 3 N–H and O–H groups in total. The van der Waals surface area contributed by atoms with Gasteiger partial charge in [0.25, 0.3) is 11.8 Å². The number of fused-ring (bicyclic) bond motifs is 1. The Bertz CT molecular complexity index is 1560. The molecule has 0 bridgehead atoms. The summed E-state index contributed by atoms with van der Waals surface area (Å²) in [5, 5.41) is 16.4. The summed E-state index contributed by atoms with van der Waals surface area (Å²) in [6.07, 6.45) is 1.51. The van der Waals surface area contributed by atoms with Crippen molar-refractivity contribution in [1.82, 2.24) is 9.80 Å². The van der Waals surface area contributed by atoms with Crippen LogP contribution in [-0.2, 0) is 9.53 Å². The van der Waals surface area contributed by atoms with E-state index in [1.54, 1.807) is 18.2 Å². The van der Waals surface area contributed by atoms with Crippen LogP contribution in [0.5, 0.6) is 0 Å². The van der Waals surface area contributed by atoms with Crippen LogP contribution in [0.2, 0.25) is 0 Å². The van der Waals surface area contributed by atoms with Crippen molar-refractivity contribution in [1.29, 1.82) is 0 Å². The molecule has 0 aliphatic carbocycles. The number of nitrogens with one attached hydrogen (secondary N) is 2. The van der Waals surface area contributed by atoms with Gasteiger partial charge in [0.1, 0.15) is 0 Å². The predicted molar refractivity (Wildman–Crippen MR) is 168 cm³/mol. The summed E-state index contributed by atoms with van der Waals surface area (Å²) in [5.41, 5.74) is 5.32. The van der Waals surface area contributed by atoms with Gasteiger partial charge in [-0.2, -0.15) is 0 Å². The molecule has 1 saturated heterocycles. The number of benzene rings is 3. The lowest BCUT2D eigenvalue weighted by atomic mass is 9.78. The van der Waals surface area contributed by atoms with Gasteiger partial charge in [0, 0.05) is 41.9 Å². The number of rotatable bonds is 8. The Kier molecular flexibility index (Phi) is 8.66. The molecule has 2 heterocycles. The zero-order chi connectivity index (χ0) is 30.7. The number of methoxy groups -OCH3 is 1. The summed E-state index contributed by atoms with van der Waals surface area (Å²) in [6.45, 7) is 3.92. The van der Waals surface area contributed by atoms with E-state index in [0.29, 0.717) is 52.3 Å². The van der Waals surface area contributed by atoms with Crippen LogP contribution >= 0.6 is 0 Å². The second-order valence-electron chi connectivity index (χ2n) is 11.7. The molecule has 0 saturated carbocycles. The Balaban J connectivity index is 1.41. The SMILES string of the molecule is COC(=O)c1cc2c(cc1C)/C(=C(/Nc1ccc(C(=O)N3CCC(CO)(CN(C)C)CC3)cc1)c1ccccc1)C(=O)N2. The third-order valence-electron chi connectivity index (χ3n) is 8.33. The number of carbonyl (C=O) groups excluding carboxylic acids is 3. The Labute approximate surface area is 252 Å². The monoisotopic (exact) mass is 582 g/mol. The number of ether oxygens (including phenoxy) is 1. The lowest BCUT2D eigenvalue weighted by Crippen LogP contribution is -2.48. The number of likely N-dealkylation sites (tertiary alicyclic amines) is 1. The quantitative estimate of drug-likeness (QED) is 0.265. The largest absolute Gasteiger partial charge is 0.465 e. The summed E-state index contributed by atoms with van der Waals surface area (Å²) >= 11 is 0. The third-order valence-corrected chi connectivity index (χ3v) is 8.33. The van der Waals surface area contributed by atoms with Crippen molar-refractivity contribution < 1.29 is 24.2 Å². The maximum Gasteiger partial charge on any atom is 0.338 e. The minimum atomic E-state index is -0.464. The maximum atomic E-state index is 13.3. The van der Waals surface area contributed by atoms with Crippen molar-refractivity contribution in [3.63, 3.8) is 0 Å². The van der Waals surface area contributed by atoms with Crippen LogP contribution in [0.4, 0.5) is 11.4 Å². The van der Waals surface area contributed by atoms with Gasteiger partial charge in [-0.25, -0.2) is 4.79 Å². The molecule has 0 radical (unpaired) electrons. The minimum absolute atomic E-state index is 0.0365. The van der Waals surface area contributed by atoms with E-state index >= 15 is 0 Å². The van der Waals surface area contributed by atoms with E-state index in [2.05, 4.69) is 15.5 Å². The lowest BCUT2D eigenvalue weighted by Gasteiger charge is -2.42. The number of hydrogen-bond acceptors (Lipinski definition) is 7. The van der Waals surface area contributed by atoms with Crippen LogP contribution in [0.15, 0.2) is 66.7 Å². The molecule has 0 spiro atoms. The van der Waals surface area contributed by atoms with E-state index < -0.39 is 5.97 Å². The van der Waals surface area contributed by atoms with Gasteiger partial charge in [-0.1, -0.05) is 30.3 Å². The van der Waals surface area contributed by atoms with Gasteiger partial charge < -0.3 is 30.3 Å². The molecule has 1 fully saturated rings.